The van der Waals surface area contributed by atoms with Gasteiger partial charge in [-0.1, -0.05) is 30.3 Å². The highest BCUT2D eigenvalue weighted by Crippen LogP contribution is 2.21. The van der Waals surface area contributed by atoms with Crippen molar-refractivity contribution < 1.29 is 9.53 Å². The van der Waals surface area contributed by atoms with E-state index in [0.29, 0.717) is 17.2 Å². The molecule has 0 radical (unpaired) electrons. The third kappa shape index (κ3) is 4.67. The lowest BCUT2D eigenvalue weighted by Crippen LogP contribution is -2.38. The van der Waals surface area contributed by atoms with Gasteiger partial charge in [0.05, 0.1) is 10.7 Å². The van der Waals surface area contributed by atoms with Crippen LogP contribution in [-0.4, -0.2) is 18.1 Å². The normalized spacial score (nSPS) is 9.91. The van der Waals surface area contributed by atoms with Crippen LogP contribution in [0.4, 0.5) is 0 Å². The van der Waals surface area contributed by atoms with E-state index in [1.165, 1.54) is 0 Å². The largest absolute Gasteiger partial charge is 0.496 e. The van der Waals surface area contributed by atoms with E-state index in [4.69, 9.17) is 17.0 Å². The van der Waals surface area contributed by atoms with E-state index < -0.39 is 0 Å². The molecule has 0 spiro atoms. The monoisotopic (exact) mass is 426 g/mol. The number of methoxy groups -OCH3 is 1. The molecular formula is C16H15IN2O2S. The number of ether oxygens (including phenoxy) is 1. The minimum Gasteiger partial charge on any atom is -0.496 e. The molecule has 2 N–H and O–H groups in total. The number of hydrogen-bond acceptors (Lipinski definition) is 3. The summed E-state index contributed by atoms with van der Waals surface area (Å²) in [5.41, 5.74) is 1.63. The summed E-state index contributed by atoms with van der Waals surface area (Å²) in [5.74, 6) is 0.494. The van der Waals surface area contributed by atoms with Crippen LogP contribution in [0.25, 0.3) is 0 Å². The van der Waals surface area contributed by atoms with E-state index in [9.17, 15) is 4.79 Å². The highest BCUT2D eigenvalue weighted by atomic mass is 127. The Morgan fingerprint density at radius 1 is 1.23 bits per heavy atom. The van der Waals surface area contributed by atoms with Gasteiger partial charge in [0.2, 0.25) is 0 Å². The number of amides is 1. The molecule has 6 heteroatoms. The second-order valence-corrected chi connectivity index (χ2v) is 6.04. The van der Waals surface area contributed by atoms with Crippen molar-refractivity contribution in [1.82, 2.24) is 10.6 Å². The van der Waals surface area contributed by atoms with Crippen LogP contribution in [0.3, 0.4) is 0 Å². The van der Waals surface area contributed by atoms with Crippen LogP contribution in [0.15, 0.2) is 48.5 Å². The molecule has 22 heavy (non-hydrogen) atoms. The first-order valence-corrected chi connectivity index (χ1v) is 8.05. The summed E-state index contributed by atoms with van der Waals surface area (Å²) < 4.78 is 6.04. The fourth-order valence-electron chi connectivity index (χ4n) is 1.81. The molecule has 0 aromatic heterocycles. The van der Waals surface area contributed by atoms with Crippen molar-refractivity contribution >= 4 is 45.8 Å². The van der Waals surface area contributed by atoms with Gasteiger partial charge in [0.15, 0.2) is 5.11 Å². The van der Waals surface area contributed by atoms with Crippen LogP contribution in [0.5, 0.6) is 5.75 Å². The molecule has 0 saturated heterocycles. The number of benzene rings is 2. The van der Waals surface area contributed by atoms with Gasteiger partial charge in [0, 0.05) is 12.1 Å². The van der Waals surface area contributed by atoms with Crippen LogP contribution >= 0.6 is 34.8 Å². The van der Waals surface area contributed by atoms with Crippen LogP contribution in [0.2, 0.25) is 0 Å². The van der Waals surface area contributed by atoms with Crippen molar-refractivity contribution in [3.8, 4) is 5.75 Å². The number of hydrogen-bond donors (Lipinski definition) is 2. The molecule has 0 aliphatic carbocycles. The average molecular weight is 426 g/mol. The van der Waals surface area contributed by atoms with E-state index >= 15 is 0 Å². The molecule has 4 nitrogen and oxygen atoms in total. The third-order valence-electron chi connectivity index (χ3n) is 2.94. The summed E-state index contributed by atoms with van der Waals surface area (Å²) in [6.45, 7) is 0.570. The summed E-state index contributed by atoms with van der Waals surface area (Å²) in [5, 5.41) is 5.98. The van der Waals surface area contributed by atoms with Gasteiger partial charge in [0.25, 0.3) is 5.91 Å². The summed E-state index contributed by atoms with van der Waals surface area (Å²) in [6, 6.07) is 15.1. The van der Waals surface area contributed by atoms with Crippen LogP contribution in [0.1, 0.15) is 15.9 Å². The minimum atomic E-state index is -0.244. The minimum absolute atomic E-state index is 0.244. The Hall–Kier alpha value is -1.67. The maximum absolute atomic E-state index is 12.1. The molecule has 0 fully saturated rings. The molecule has 1 amide bonds. The Balaban J connectivity index is 1.91. The SMILES string of the molecule is COc1ccc(C(=O)NC(=S)NCc2ccccc2)cc1I. The molecule has 0 atom stereocenters. The summed E-state index contributed by atoms with van der Waals surface area (Å²) >= 11 is 7.27. The Morgan fingerprint density at radius 3 is 2.59 bits per heavy atom. The lowest BCUT2D eigenvalue weighted by Gasteiger charge is -2.10. The number of carbonyl (C=O) groups is 1. The molecule has 2 rings (SSSR count). The van der Waals surface area contributed by atoms with E-state index in [-0.39, 0.29) is 5.91 Å². The molecule has 0 bridgehead atoms. The fourth-order valence-corrected chi connectivity index (χ4v) is 2.71. The first-order chi connectivity index (χ1) is 10.6. The zero-order chi connectivity index (χ0) is 15.9. The highest BCUT2D eigenvalue weighted by molar-refractivity contribution is 14.1. The number of nitrogens with one attached hydrogen (secondary N) is 2. The standard InChI is InChI=1S/C16H15IN2O2S/c1-21-14-8-7-12(9-13(14)17)15(20)19-16(22)18-10-11-5-3-2-4-6-11/h2-9H,10H2,1H3,(H2,18,19,20,22). The summed E-state index contributed by atoms with van der Waals surface area (Å²) in [4.78, 5) is 12.1. The van der Waals surface area contributed by atoms with Crippen LogP contribution < -0.4 is 15.4 Å². The zero-order valence-corrected chi connectivity index (χ0v) is 14.9. The van der Waals surface area contributed by atoms with Gasteiger partial charge in [0.1, 0.15) is 5.75 Å². The van der Waals surface area contributed by atoms with Gasteiger partial charge in [-0.15, -0.1) is 0 Å². The molecule has 0 aliphatic heterocycles. The molecule has 0 heterocycles. The molecule has 0 aliphatic rings. The Morgan fingerprint density at radius 2 is 1.95 bits per heavy atom. The maximum Gasteiger partial charge on any atom is 0.257 e. The average Bonchev–Trinajstić information content (AvgIpc) is 2.53. The van der Waals surface area contributed by atoms with Crippen molar-refractivity contribution in [1.29, 1.82) is 0 Å². The van der Waals surface area contributed by atoms with Crippen molar-refractivity contribution in [2.75, 3.05) is 7.11 Å². The first-order valence-electron chi connectivity index (χ1n) is 6.57. The Kier molecular flexibility index (Phi) is 6.14. The lowest BCUT2D eigenvalue weighted by molar-refractivity contribution is 0.0976. The molecule has 2 aromatic rings. The van der Waals surface area contributed by atoms with E-state index in [1.807, 2.05) is 30.3 Å². The number of thiocarbonyl (C=S) groups is 1. The van der Waals surface area contributed by atoms with Crippen molar-refractivity contribution in [3.05, 3.63) is 63.2 Å². The van der Waals surface area contributed by atoms with Gasteiger partial charge in [-0.2, -0.15) is 0 Å². The van der Waals surface area contributed by atoms with E-state index in [0.717, 1.165) is 14.9 Å². The Labute approximate surface area is 148 Å². The Bertz CT molecular complexity index is 677. The summed E-state index contributed by atoms with van der Waals surface area (Å²) in [6.07, 6.45) is 0. The van der Waals surface area contributed by atoms with Gasteiger partial charge >= 0.3 is 0 Å². The van der Waals surface area contributed by atoms with E-state index in [2.05, 4.69) is 33.2 Å². The van der Waals surface area contributed by atoms with E-state index in [1.54, 1.807) is 25.3 Å². The van der Waals surface area contributed by atoms with Gasteiger partial charge in [-0.05, 0) is 58.6 Å². The van der Waals surface area contributed by atoms with Crippen molar-refractivity contribution in [2.45, 2.75) is 6.54 Å². The molecule has 0 unspecified atom stereocenters. The lowest BCUT2D eigenvalue weighted by atomic mass is 10.2. The zero-order valence-electron chi connectivity index (χ0n) is 11.9. The smallest absolute Gasteiger partial charge is 0.257 e. The third-order valence-corrected chi connectivity index (χ3v) is 4.03. The number of halogens is 1. The number of rotatable bonds is 4. The molecule has 114 valence electrons. The van der Waals surface area contributed by atoms with Crippen LogP contribution in [-0.2, 0) is 6.54 Å². The quantitative estimate of drug-likeness (QED) is 0.583. The predicted molar refractivity (Wildman–Crippen MR) is 99.1 cm³/mol. The second kappa shape index (κ2) is 8.09. The molecule has 0 saturated carbocycles. The van der Waals surface area contributed by atoms with Gasteiger partial charge in [-0.3, -0.25) is 10.1 Å². The van der Waals surface area contributed by atoms with Gasteiger partial charge in [-0.25, -0.2) is 0 Å². The molecular weight excluding hydrogens is 411 g/mol. The number of carbonyl (C=O) groups excluding carboxylic acids is 1. The highest BCUT2D eigenvalue weighted by Gasteiger charge is 2.10. The predicted octanol–water partition coefficient (Wildman–Crippen LogP) is 3.10. The topological polar surface area (TPSA) is 50.4 Å². The fraction of sp³-hybridized carbons (Fsp3) is 0.125. The molecule has 2 aromatic carbocycles. The maximum atomic E-state index is 12.1. The van der Waals surface area contributed by atoms with Crippen molar-refractivity contribution in [2.24, 2.45) is 0 Å². The van der Waals surface area contributed by atoms with Crippen LogP contribution in [0, 0.1) is 3.57 Å². The van der Waals surface area contributed by atoms with Crippen molar-refractivity contribution in [3.63, 3.8) is 0 Å². The first kappa shape index (κ1) is 16.7. The summed E-state index contributed by atoms with van der Waals surface area (Å²) in [7, 11) is 1.60. The second-order valence-electron chi connectivity index (χ2n) is 4.47. The van der Waals surface area contributed by atoms with Gasteiger partial charge < -0.3 is 10.1 Å².